The molecule has 1 heterocycles. The number of hydrogen-bond acceptors (Lipinski definition) is 4. The number of aromatic nitrogens is 1. The van der Waals surface area contributed by atoms with Crippen molar-refractivity contribution in [1.29, 1.82) is 5.26 Å². The van der Waals surface area contributed by atoms with Crippen molar-refractivity contribution in [3.63, 3.8) is 0 Å². The normalized spacial score (nSPS) is 13.5. The van der Waals surface area contributed by atoms with Gasteiger partial charge in [0.15, 0.2) is 11.9 Å². The van der Waals surface area contributed by atoms with E-state index in [2.05, 4.69) is 5.16 Å². The monoisotopic (exact) mass is 296 g/mol. The Labute approximate surface area is 120 Å². The fourth-order valence-electron chi connectivity index (χ4n) is 1.52. The smallest absolute Gasteiger partial charge is 0.178 e. The Morgan fingerprint density at radius 3 is 2.58 bits per heavy atom. The molecule has 2 unspecified atom stereocenters. The molecule has 1 aromatic heterocycles. The van der Waals surface area contributed by atoms with Gasteiger partial charge in [0.2, 0.25) is 0 Å². The predicted molar refractivity (Wildman–Crippen MR) is 71.4 cm³/mol. The third kappa shape index (κ3) is 3.40. The van der Waals surface area contributed by atoms with Crippen molar-refractivity contribution < 1.29 is 9.26 Å². The van der Waals surface area contributed by atoms with Gasteiger partial charge in [0.1, 0.15) is 5.75 Å². The first kappa shape index (κ1) is 13.7. The van der Waals surface area contributed by atoms with Crippen molar-refractivity contribution in [3.05, 3.63) is 47.9 Å². The van der Waals surface area contributed by atoms with Crippen LogP contribution >= 0.6 is 23.2 Å². The first-order chi connectivity index (χ1) is 9.24. The Kier molecular flexibility index (Phi) is 4.67. The zero-order valence-electron chi connectivity index (χ0n) is 9.79. The summed E-state index contributed by atoms with van der Waals surface area (Å²) in [6.45, 7) is 0. The summed E-state index contributed by atoms with van der Waals surface area (Å²) in [5.74, 6) is 1.30. The number of nitrogens with zero attached hydrogens (tertiary/aromatic N) is 2. The Bertz CT molecular complexity index is 549. The molecule has 4 nitrogen and oxygen atoms in total. The molecule has 2 aromatic rings. The number of nitriles is 1. The lowest BCUT2D eigenvalue weighted by Gasteiger charge is -2.19. The summed E-state index contributed by atoms with van der Waals surface area (Å²) in [6.07, 6.45) is 0.983. The van der Waals surface area contributed by atoms with E-state index in [9.17, 15) is 0 Å². The largest absolute Gasteiger partial charge is 0.481 e. The summed E-state index contributed by atoms with van der Waals surface area (Å²) >= 11 is 11.9. The van der Waals surface area contributed by atoms with Crippen molar-refractivity contribution in [2.45, 2.75) is 11.5 Å². The molecular weight excluding hydrogens is 287 g/mol. The molecule has 0 aliphatic heterocycles. The highest BCUT2D eigenvalue weighted by atomic mass is 35.5. The van der Waals surface area contributed by atoms with Crippen LogP contribution in [-0.4, -0.2) is 16.4 Å². The molecule has 0 bridgehead atoms. The van der Waals surface area contributed by atoms with E-state index in [0.29, 0.717) is 17.1 Å². The number of benzene rings is 1. The zero-order chi connectivity index (χ0) is 13.7. The second-order valence-electron chi connectivity index (χ2n) is 3.76. The first-order valence-electron chi connectivity index (χ1n) is 5.52. The molecule has 0 spiro atoms. The summed E-state index contributed by atoms with van der Waals surface area (Å²) in [5, 5.41) is 11.9. The molecule has 0 saturated carbocycles. The molecule has 0 amide bonds. The molecule has 2 rings (SSSR count). The Morgan fingerprint density at radius 2 is 2.05 bits per heavy atom. The molecule has 98 valence electrons. The van der Waals surface area contributed by atoms with Gasteiger partial charge in [-0.3, -0.25) is 0 Å². The van der Waals surface area contributed by atoms with Gasteiger partial charge >= 0.3 is 0 Å². The van der Waals surface area contributed by atoms with Crippen LogP contribution in [0.2, 0.25) is 0 Å². The molecule has 1 aromatic carbocycles. The van der Waals surface area contributed by atoms with E-state index in [4.69, 9.17) is 37.7 Å². The standard InChI is InChI=1S/C13H10Cl2N2O2/c14-7-11(15)13(12-5-6-17-19-12)18-10-3-1-9(8-16)2-4-10/h1-6,11,13H,7H2. The van der Waals surface area contributed by atoms with Crippen LogP contribution in [0.15, 0.2) is 41.1 Å². The van der Waals surface area contributed by atoms with E-state index in [1.165, 1.54) is 6.20 Å². The third-order valence-electron chi connectivity index (χ3n) is 2.46. The van der Waals surface area contributed by atoms with Gasteiger partial charge in [0.25, 0.3) is 0 Å². The average Bonchev–Trinajstić information content (AvgIpc) is 2.98. The minimum absolute atomic E-state index is 0.212. The zero-order valence-corrected chi connectivity index (χ0v) is 11.3. The van der Waals surface area contributed by atoms with Crippen molar-refractivity contribution in [3.8, 4) is 11.8 Å². The van der Waals surface area contributed by atoms with Crippen LogP contribution in [0.25, 0.3) is 0 Å². The van der Waals surface area contributed by atoms with Crippen LogP contribution in [0.5, 0.6) is 5.75 Å². The molecule has 0 N–H and O–H groups in total. The van der Waals surface area contributed by atoms with Crippen molar-refractivity contribution in [2.75, 3.05) is 5.88 Å². The molecule has 2 atom stereocenters. The minimum Gasteiger partial charge on any atom is -0.481 e. The summed E-state index contributed by atoms with van der Waals surface area (Å²) in [4.78, 5) is 0. The highest BCUT2D eigenvalue weighted by Gasteiger charge is 2.26. The summed E-state index contributed by atoms with van der Waals surface area (Å²) in [7, 11) is 0. The molecule has 0 fully saturated rings. The van der Waals surface area contributed by atoms with Gasteiger partial charge in [0, 0.05) is 11.9 Å². The van der Waals surface area contributed by atoms with E-state index in [0.717, 1.165) is 0 Å². The summed E-state index contributed by atoms with van der Waals surface area (Å²) in [5.41, 5.74) is 0.559. The van der Waals surface area contributed by atoms with Gasteiger partial charge < -0.3 is 9.26 Å². The topological polar surface area (TPSA) is 59.0 Å². The minimum atomic E-state index is -0.533. The fraction of sp³-hybridized carbons (Fsp3) is 0.231. The number of rotatable bonds is 5. The highest BCUT2D eigenvalue weighted by Crippen LogP contribution is 2.28. The highest BCUT2D eigenvalue weighted by molar-refractivity contribution is 6.28. The fourth-order valence-corrected chi connectivity index (χ4v) is 1.86. The molecule has 0 radical (unpaired) electrons. The number of hydrogen-bond donors (Lipinski definition) is 0. The Balaban J connectivity index is 2.18. The van der Waals surface area contributed by atoms with Crippen molar-refractivity contribution in [2.24, 2.45) is 0 Å². The van der Waals surface area contributed by atoms with Crippen LogP contribution in [0.1, 0.15) is 17.4 Å². The number of ether oxygens (including phenoxy) is 1. The van der Waals surface area contributed by atoms with E-state index in [-0.39, 0.29) is 5.88 Å². The Hall–Kier alpha value is -1.70. The quantitative estimate of drug-likeness (QED) is 0.792. The van der Waals surface area contributed by atoms with Crippen LogP contribution < -0.4 is 4.74 Å². The van der Waals surface area contributed by atoms with Crippen LogP contribution in [0.3, 0.4) is 0 Å². The van der Waals surface area contributed by atoms with E-state index in [1.54, 1.807) is 30.3 Å². The second kappa shape index (κ2) is 6.46. The van der Waals surface area contributed by atoms with Crippen LogP contribution in [0, 0.1) is 11.3 Å². The summed E-state index contributed by atoms with van der Waals surface area (Å²) in [6, 6.07) is 10.4. The first-order valence-corrected chi connectivity index (χ1v) is 6.49. The van der Waals surface area contributed by atoms with E-state index in [1.807, 2.05) is 6.07 Å². The summed E-state index contributed by atoms with van der Waals surface area (Å²) < 4.78 is 10.8. The number of halogens is 2. The Morgan fingerprint density at radius 1 is 1.32 bits per heavy atom. The van der Waals surface area contributed by atoms with Gasteiger partial charge in [-0.1, -0.05) is 5.16 Å². The molecule has 0 saturated heterocycles. The lowest BCUT2D eigenvalue weighted by molar-refractivity contribution is 0.164. The van der Waals surface area contributed by atoms with Crippen molar-refractivity contribution >= 4 is 23.2 Å². The maximum absolute atomic E-state index is 8.73. The van der Waals surface area contributed by atoms with Crippen molar-refractivity contribution in [1.82, 2.24) is 5.16 Å². The van der Waals surface area contributed by atoms with Gasteiger partial charge in [-0.25, -0.2) is 0 Å². The molecule has 0 aliphatic rings. The lowest BCUT2D eigenvalue weighted by atomic mass is 10.2. The van der Waals surface area contributed by atoms with E-state index < -0.39 is 11.5 Å². The number of alkyl halides is 2. The van der Waals surface area contributed by atoms with Gasteiger partial charge in [0.05, 0.1) is 23.2 Å². The second-order valence-corrected chi connectivity index (χ2v) is 4.63. The maximum atomic E-state index is 8.73. The molecule has 6 heteroatoms. The average molecular weight is 297 g/mol. The third-order valence-corrected chi connectivity index (χ3v) is 3.33. The van der Waals surface area contributed by atoms with Crippen LogP contribution in [-0.2, 0) is 0 Å². The van der Waals surface area contributed by atoms with Gasteiger partial charge in [-0.2, -0.15) is 5.26 Å². The van der Waals surface area contributed by atoms with Gasteiger partial charge in [-0.15, -0.1) is 23.2 Å². The molecule has 0 aliphatic carbocycles. The molecular formula is C13H10Cl2N2O2. The van der Waals surface area contributed by atoms with Crippen LogP contribution in [0.4, 0.5) is 0 Å². The predicted octanol–water partition coefficient (Wildman–Crippen LogP) is 3.51. The van der Waals surface area contributed by atoms with Gasteiger partial charge in [-0.05, 0) is 24.3 Å². The molecule has 19 heavy (non-hydrogen) atoms. The van der Waals surface area contributed by atoms with E-state index >= 15 is 0 Å². The maximum Gasteiger partial charge on any atom is 0.178 e. The SMILES string of the molecule is N#Cc1ccc(OC(c2ccno2)C(Cl)CCl)cc1. The lowest BCUT2D eigenvalue weighted by Crippen LogP contribution is -2.20.